The van der Waals surface area contributed by atoms with Crippen LogP contribution in [0.1, 0.15) is 12.5 Å². The van der Waals surface area contributed by atoms with Gasteiger partial charge in [-0.3, -0.25) is 14.4 Å². The second-order valence-corrected chi connectivity index (χ2v) is 6.12. The number of amides is 2. The van der Waals surface area contributed by atoms with Crippen LogP contribution in [0.5, 0.6) is 5.75 Å². The monoisotopic (exact) mass is 392 g/mol. The molecule has 0 aliphatic rings. The van der Waals surface area contributed by atoms with Gasteiger partial charge in [0.1, 0.15) is 17.6 Å². The quantitative estimate of drug-likeness (QED) is 0.553. The minimum atomic E-state index is -1.16. The van der Waals surface area contributed by atoms with E-state index in [2.05, 4.69) is 5.32 Å². The van der Waals surface area contributed by atoms with Gasteiger partial charge in [0.15, 0.2) is 0 Å². The van der Waals surface area contributed by atoms with E-state index in [4.69, 9.17) is 16.3 Å². The highest BCUT2D eigenvalue weighted by molar-refractivity contribution is 6.39. The summed E-state index contributed by atoms with van der Waals surface area (Å²) >= 11 is 5.88. The Labute approximate surface area is 160 Å². The average Bonchev–Trinajstić information content (AvgIpc) is 2.66. The van der Waals surface area contributed by atoms with Gasteiger partial charge in [0.25, 0.3) is 5.91 Å². The van der Waals surface area contributed by atoms with Gasteiger partial charge in [-0.15, -0.1) is 0 Å². The summed E-state index contributed by atoms with van der Waals surface area (Å²) in [6.45, 7) is 1.47. The van der Waals surface area contributed by atoms with E-state index in [0.717, 1.165) is 22.6 Å². The SMILES string of the molecule is COc1ccc(F)cc1N(C=O)C(C)C(=O)C(=O)NCc1cccc(Cl)c1. The van der Waals surface area contributed by atoms with Gasteiger partial charge in [0.05, 0.1) is 12.8 Å². The number of Topliss-reactive ketones (excluding diaryl/α,β-unsaturated/α-hetero) is 1. The first-order valence-corrected chi connectivity index (χ1v) is 8.38. The van der Waals surface area contributed by atoms with E-state index in [-0.39, 0.29) is 18.0 Å². The van der Waals surface area contributed by atoms with Crippen molar-refractivity contribution in [3.8, 4) is 5.75 Å². The first kappa shape index (κ1) is 20.4. The molecule has 0 heterocycles. The number of benzene rings is 2. The lowest BCUT2D eigenvalue weighted by Crippen LogP contribution is -2.45. The molecule has 0 aliphatic heterocycles. The standard InChI is InChI=1S/C19H18ClFN2O4/c1-12(23(11-24)16-9-15(21)6-7-17(16)27-2)18(25)19(26)22-10-13-4-3-5-14(20)8-13/h3-9,11-12H,10H2,1-2H3,(H,22,26). The molecule has 0 spiro atoms. The van der Waals surface area contributed by atoms with Crippen LogP contribution in [0.3, 0.4) is 0 Å². The summed E-state index contributed by atoms with van der Waals surface area (Å²) in [5.74, 6) is -2.13. The number of methoxy groups -OCH3 is 1. The van der Waals surface area contributed by atoms with Crippen LogP contribution in [0.2, 0.25) is 5.02 Å². The van der Waals surface area contributed by atoms with Crippen LogP contribution in [0.15, 0.2) is 42.5 Å². The Hall–Kier alpha value is -2.93. The Morgan fingerprint density at radius 2 is 2.04 bits per heavy atom. The molecular weight excluding hydrogens is 375 g/mol. The second-order valence-electron chi connectivity index (χ2n) is 5.68. The molecule has 2 amide bonds. The van der Waals surface area contributed by atoms with Crippen molar-refractivity contribution >= 4 is 35.4 Å². The van der Waals surface area contributed by atoms with Crippen LogP contribution in [0.25, 0.3) is 0 Å². The van der Waals surface area contributed by atoms with Crippen LogP contribution in [0.4, 0.5) is 10.1 Å². The topological polar surface area (TPSA) is 75.7 Å². The summed E-state index contributed by atoms with van der Waals surface area (Å²) in [6.07, 6.45) is 0.351. The van der Waals surface area contributed by atoms with E-state index in [1.54, 1.807) is 24.3 Å². The molecule has 27 heavy (non-hydrogen) atoms. The molecule has 1 atom stereocenters. The van der Waals surface area contributed by atoms with Gasteiger partial charge in [-0.25, -0.2) is 4.39 Å². The third-order valence-corrected chi connectivity index (χ3v) is 4.13. The molecule has 0 bridgehead atoms. The smallest absolute Gasteiger partial charge is 0.289 e. The van der Waals surface area contributed by atoms with Crippen LogP contribution in [-0.2, 0) is 20.9 Å². The van der Waals surface area contributed by atoms with Gasteiger partial charge in [-0.05, 0) is 36.8 Å². The van der Waals surface area contributed by atoms with Crippen molar-refractivity contribution in [1.29, 1.82) is 0 Å². The Kier molecular flexibility index (Phi) is 6.90. The first-order valence-electron chi connectivity index (χ1n) is 8.01. The highest BCUT2D eigenvalue weighted by atomic mass is 35.5. The van der Waals surface area contributed by atoms with Crippen molar-refractivity contribution in [3.63, 3.8) is 0 Å². The minimum absolute atomic E-state index is 0.0518. The Balaban J connectivity index is 2.13. The van der Waals surface area contributed by atoms with Crippen molar-refractivity contribution in [2.45, 2.75) is 19.5 Å². The number of nitrogens with zero attached hydrogens (tertiary/aromatic N) is 1. The molecule has 0 saturated heterocycles. The molecule has 1 unspecified atom stereocenters. The predicted molar refractivity (Wildman–Crippen MR) is 99.3 cm³/mol. The molecule has 1 N–H and O–H groups in total. The summed E-state index contributed by atoms with van der Waals surface area (Å²) in [5, 5.41) is 2.99. The van der Waals surface area contributed by atoms with E-state index in [0.29, 0.717) is 11.4 Å². The summed E-state index contributed by atoms with van der Waals surface area (Å²) < 4.78 is 18.7. The van der Waals surface area contributed by atoms with Gasteiger partial charge in [0, 0.05) is 17.6 Å². The van der Waals surface area contributed by atoms with Crippen LogP contribution >= 0.6 is 11.6 Å². The maximum absolute atomic E-state index is 13.6. The summed E-state index contributed by atoms with van der Waals surface area (Å²) in [5.41, 5.74) is 0.770. The third-order valence-electron chi connectivity index (χ3n) is 3.90. The van der Waals surface area contributed by atoms with Crippen molar-refractivity contribution in [2.24, 2.45) is 0 Å². The number of carbonyl (C=O) groups excluding carboxylic acids is 3. The third kappa shape index (κ3) is 5.04. The van der Waals surface area contributed by atoms with Crippen molar-refractivity contribution in [2.75, 3.05) is 12.0 Å². The largest absolute Gasteiger partial charge is 0.495 e. The van der Waals surface area contributed by atoms with Crippen LogP contribution < -0.4 is 15.0 Å². The minimum Gasteiger partial charge on any atom is -0.495 e. The van der Waals surface area contributed by atoms with Crippen molar-refractivity contribution in [1.82, 2.24) is 5.32 Å². The van der Waals surface area contributed by atoms with E-state index in [1.165, 1.54) is 20.1 Å². The lowest BCUT2D eigenvalue weighted by Gasteiger charge is -2.25. The highest BCUT2D eigenvalue weighted by Gasteiger charge is 2.29. The molecule has 6 nitrogen and oxygen atoms in total. The molecular formula is C19H18ClFN2O4. The zero-order valence-electron chi connectivity index (χ0n) is 14.7. The summed E-state index contributed by atoms with van der Waals surface area (Å²) in [7, 11) is 1.35. The van der Waals surface area contributed by atoms with Gasteiger partial charge < -0.3 is 15.0 Å². The second kappa shape index (κ2) is 9.14. The molecule has 0 radical (unpaired) electrons. The number of ether oxygens (including phenoxy) is 1. The molecule has 142 valence electrons. The fraction of sp³-hybridized carbons (Fsp3) is 0.211. The van der Waals surface area contributed by atoms with Crippen molar-refractivity contribution < 1.29 is 23.5 Å². The fourth-order valence-corrected chi connectivity index (χ4v) is 2.67. The average molecular weight is 393 g/mol. The lowest BCUT2D eigenvalue weighted by molar-refractivity contribution is -0.138. The molecule has 2 rings (SSSR count). The van der Waals surface area contributed by atoms with Gasteiger partial charge in [0.2, 0.25) is 12.2 Å². The predicted octanol–water partition coefficient (Wildman–Crippen LogP) is 2.72. The van der Waals surface area contributed by atoms with E-state index < -0.39 is 23.5 Å². The number of hydrogen-bond donors (Lipinski definition) is 1. The normalized spacial score (nSPS) is 11.4. The van der Waals surface area contributed by atoms with Gasteiger partial charge >= 0.3 is 0 Å². The zero-order valence-corrected chi connectivity index (χ0v) is 15.5. The van der Waals surface area contributed by atoms with Gasteiger partial charge in [-0.2, -0.15) is 0 Å². The molecule has 0 aliphatic carbocycles. The molecule has 0 saturated carbocycles. The first-order chi connectivity index (χ1) is 12.9. The fourth-order valence-electron chi connectivity index (χ4n) is 2.45. The molecule has 8 heteroatoms. The van der Waals surface area contributed by atoms with Gasteiger partial charge in [-0.1, -0.05) is 23.7 Å². The van der Waals surface area contributed by atoms with Crippen LogP contribution in [-0.4, -0.2) is 31.3 Å². The Bertz CT molecular complexity index is 859. The van der Waals surface area contributed by atoms with Crippen molar-refractivity contribution in [3.05, 3.63) is 58.9 Å². The number of hydrogen-bond acceptors (Lipinski definition) is 4. The number of ketones is 1. The number of anilines is 1. The summed E-state index contributed by atoms with van der Waals surface area (Å²) in [6, 6.07) is 9.21. The Morgan fingerprint density at radius 3 is 2.67 bits per heavy atom. The Morgan fingerprint density at radius 1 is 1.30 bits per heavy atom. The number of carbonyl (C=O) groups is 3. The number of halogens is 2. The molecule has 2 aromatic rings. The van der Waals surface area contributed by atoms with E-state index >= 15 is 0 Å². The lowest BCUT2D eigenvalue weighted by atomic mass is 10.1. The number of nitrogens with one attached hydrogen (secondary N) is 1. The highest BCUT2D eigenvalue weighted by Crippen LogP contribution is 2.29. The van der Waals surface area contributed by atoms with Crippen LogP contribution in [0, 0.1) is 5.82 Å². The molecule has 0 aromatic heterocycles. The molecule has 0 fully saturated rings. The van der Waals surface area contributed by atoms with E-state index in [1.807, 2.05) is 0 Å². The summed E-state index contributed by atoms with van der Waals surface area (Å²) in [4.78, 5) is 37.1. The zero-order chi connectivity index (χ0) is 20.0. The number of rotatable bonds is 8. The maximum Gasteiger partial charge on any atom is 0.289 e. The molecule has 2 aromatic carbocycles. The maximum atomic E-state index is 13.6. The van der Waals surface area contributed by atoms with E-state index in [9.17, 15) is 18.8 Å².